The van der Waals surface area contributed by atoms with Gasteiger partial charge in [-0.1, -0.05) is 35.6 Å². The Bertz CT molecular complexity index is 1250. The predicted octanol–water partition coefficient (Wildman–Crippen LogP) is 5.72. The molecule has 1 saturated heterocycles. The number of hydrogen-bond donors (Lipinski definition) is 2. The second-order valence-corrected chi connectivity index (χ2v) is 12.6. The van der Waals surface area contributed by atoms with Crippen LogP contribution in [0.3, 0.4) is 0 Å². The Morgan fingerprint density at radius 3 is 2.44 bits per heavy atom. The summed E-state index contributed by atoms with van der Waals surface area (Å²) in [5, 5.41) is 6.65. The van der Waals surface area contributed by atoms with Gasteiger partial charge in [-0.05, 0) is 95.3 Å². The van der Waals surface area contributed by atoms with E-state index in [1.54, 1.807) is 11.3 Å². The van der Waals surface area contributed by atoms with Gasteiger partial charge in [0.15, 0.2) is 0 Å². The number of carbonyl (C=O) groups is 2. The summed E-state index contributed by atoms with van der Waals surface area (Å²) in [6, 6.07) is 16.2. The predicted molar refractivity (Wildman–Crippen MR) is 153 cm³/mol. The molecule has 9 heteroatoms. The fourth-order valence-electron chi connectivity index (χ4n) is 5.09. The van der Waals surface area contributed by atoms with Crippen molar-refractivity contribution in [2.45, 2.75) is 64.6 Å². The summed E-state index contributed by atoms with van der Waals surface area (Å²) < 4.78 is 12.4. The number of para-hydroxylation sites is 1. The molecule has 0 bridgehead atoms. The van der Waals surface area contributed by atoms with E-state index in [1.807, 2.05) is 51.1 Å². The summed E-state index contributed by atoms with van der Waals surface area (Å²) in [7, 11) is 0. The number of carbonyl (C=O) groups excluding carboxylic acids is 2. The molecule has 2 unspecified atom stereocenters. The van der Waals surface area contributed by atoms with Crippen molar-refractivity contribution in [2.24, 2.45) is 11.8 Å². The monoisotopic (exact) mass is 550 g/mol. The standard InChI is InChI=1S/C30H38N4O4S/c1-30(2,3)38-28(36)32-24-13-12-23(24)27(35)31-18-20-14-16-34(17-15-20)19-21-8-10-22(11-9-21)37-29-33-25-6-4-5-7-26(25)39-29/h4-11,20,23-24H,12-19H2,1-3H3,(H,31,35)(H,32,36). The van der Waals surface area contributed by atoms with Gasteiger partial charge in [0.1, 0.15) is 11.4 Å². The second kappa shape index (κ2) is 11.9. The third kappa shape index (κ3) is 7.48. The molecule has 1 aliphatic heterocycles. The molecule has 2 amide bonds. The van der Waals surface area contributed by atoms with Gasteiger partial charge in [0.25, 0.3) is 5.19 Å². The minimum atomic E-state index is -0.546. The molecule has 2 atom stereocenters. The van der Waals surface area contributed by atoms with Gasteiger partial charge in [-0.25, -0.2) is 9.78 Å². The van der Waals surface area contributed by atoms with Crippen molar-refractivity contribution in [1.82, 2.24) is 20.5 Å². The Morgan fingerprint density at radius 2 is 1.77 bits per heavy atom. The average molecular weight is 551 g/mol. The van der Waals surface area contributed by atoms with Crippen LogP contribution >= 0.6 is 11.3 Å². The summed E-state index contributed by atoms with van der Waals surface area (Å²) >= 11 is 1.55. The van der Waals surface area contributed by atoms with E-state index in [-0.39, 0.29) is 17.9 Å². The van der Waals surface area contributed by atoms with Crippen LogP contribution < -0.4 is 15.4 Å². The number of fused-ring (bicyclic) bond motifs is 1. The zero-order valence-corrected chi connectivity index (χ0v) is 23.8. The maximum Gasteiger partial charge on any atom is 0.407 e. The molecule has 5 rings (SSSR count). The number of alkyl carbamates (subject to hydrolysis) is 1. The molecule has 1 aliphatic carbocycles. The third-order valence-corrected chi connectivity index (χ3v) is 8.31. The Morgan fingerprint density at radius 1 is 1.03 bits per heavy atom. The normalized spacial score (nSPS) is 20.3. The fraction of sp³-hybridized carbons (Fsp3) is 0.500. The number of likely N-dealkylation sites (tertiary alicyclic amines) is 1. The van der Waals surface area contributed by atoms with E-state index in [9.17, 15) is 9.59 Å². The maximum atomic E-state index is 12.7. The average Bonchev–Trinajstić information content (AvgIpc) is 3.29. The van der Waals surface area contributed by atoms with Crippen molar-refractivity contribution in [3.8, 4) is 10.9 Å². The van der Waals surface area contributed by atoms with Gasteiger partial charge in [-0.3, -0.25) is 9.69 Å². The first-order valence-electron chi connectivity index (χ1n) is 13.8. The van der Waals surface area contributed by atoms with Crippen LogP contribution in [0.1, 0.15) is 52.0 Å². The molecule has 0 radical (unpaired) electrons. The van der Waals surface area contributed by atoms with Gasteiger partial charge >= 0.3 is 6.09 Å². The topological polar surface area (TPSA) is 92.8 Å². The van der Waals surface area contributed by atoms with Crippen LogP contribution in [0.4, 0.5) is 4.79 Å². The minimum Gasteiger partial charge on any atom is -0.444 e. The van der Waals surface area contributed by atoms with E-state index in [0.717, 1.165) is 61.3 Å². The zero-order chi connectivity index (χ0) is 27.4. The number of thiazole rings is 1. The van der Waals surface area contributed by atoms with E-state index in [0.29, 0.717) is 17.7 Å². The van der Waals surface area contributed by atoms with Crippen molar-refractivity contribution in [1.29, 1.82) is 0 Å². The van der Waals surface area contributed by atoms with Gasteiger partial charge in [-0.2, -0.15) is 0 Å². The lowest BCUT2D eigenvalue weighted by atomic mass is 9.79. The van der Waals surface area contributed by atoms with Crippen LogP contribution in [-0.4, -0.2) is 53.2 Å². The summed E-state index contributed by atoms with van der Waals surface area (Å²) in [6.45, 7) is 9.12. The summed E-state index contributed by atoms with van der Waals surface area (Å²) in [4.78, 5) is 31.8. The highest BCUT2D eigenvalue weighted by molar-refractivity contribution is 7.20. The first-order valence-corrected chi connectivity index (χ1v) is 14.7. The van der Waals surface area contributed by atoms with Gasteiger partial charge < -0.3 is 20.1 Å². The van der Waals surface area contributed by atoms with E-state index in [4.69, 9.17) is 9.47 Å². The molecule has 8 nitrogen and oxygen atoms in total. The summed E-state index contributed by atoms with van der Waals surface area (Å²) in [6.07, 6.45) is 3.28. The highest BCUT2D eigenvalue weighted by Crippen LogP contribution is 2.31. The van der Waals surface area contributed by atoms with Crippen molar-refractivity contribution in [3.63, 3.8) is 0 Å². The number of piperidine rings is 1. The second-order valence-electron chi connectivity index (χ2n) is 11.6. The van der Waals surface area contributed by atoms with Crippen molar-refractivity contribution in [3.05, 3.63) is 54.1 Å². The summed E-state index contributed by atoms with van der Waals surface area (Å²) in [5.74, 6) is 1.14. The quantitative estimate of drug-likeness (QED) is 0.373. The van der Waals surface area contributed by atoms with E-state index in [1.165, 1.54) is 5.56 Å². The molecule has 0 spiro atoms. The van der Waals surface area contributed by atoms with Crippen LogP contribution in [0.15, 0.2) is 48.5 Å². The van der Waals surface area contributed by atoms with Gasteiger partial charge in [0.2, 0.25) is 5.91 Å². The molecule has 1 saturated carbocycles. The maximum absolute atomic E-state index is 12.7. The number of rotatable bonds is 8. The van der Waals surface area contributed by atoms with Crippen LogP contribution in [0.2, 0.25) is 0 Å². The molecule has 2 N–H and O–H groups in total. The first-order chi connectivity index (χ1) is 18.7. The van der Waals surface area contributed by atoms with Crippen LogP contribution in [-0.2, 0) is 16.1 Å². The molecule has 3 aromatic rings. The molecule has 1 aromatic heterocycles. The van der Waals surface area contributed by atoms with Crippen molar-refractivity contribution in [2.75, 3.05) is 19.6 Å². The molecule has 2 heterocycles. The molecular weight excluding hydrogens is 512 g/mol. The van der Waals surface area contributed by atoms with Gasteiger partial charge in [-0.15, -0.1) is 0 Å². The Labute approximate surface area is 234 Å². The van der Waals surface area contributed by atoms with E-state index < -0.39 is 11.7 Å². The molecule has 208 valence electrons. The zero-order valence-electron chi connectivity index (χ0n) is 22.9. The van der Waals surface area contributed by atoms with Crippen LogP contribution in [0.25, 0.3) is 10.2 Å². The number of aromatic nitrogens is 1. The smallest absolute Gasteiger partial charge is 0.407 e. The Kier molecular flexibility index (Phi) is 8.37. The lowest BCUT2D eigenvalue weighted by molar-refractivity contribution is -0.128. The fourth-order valence-corrected chi connectivity index (χ4v) is 5.92. The minimum absolute atomic E-state index is 0.0397. The third-order valence-electron chi connectivity index (χ3n) is 7.39. The summed E-state index contributed by atoms with van der Waals surface area (Å²) in [5.41, 5.74) is 1.67. The van der Waals surface area contributed by atoms with E-state index >= 15 is 0 Å². The molecule has 2 aromatic carbocycles. The number of hydrogen-bond acceptors (Lipinski definition) is 7. The number of benzene rings is 2. The van der Waals surface area contributed by atoms with Crippen molar-refractivity contribution >= 4 is 33.6 Å². The lowest BCUT2D eigenvalue weighted by Crippen LogP contribution is -2.54. The Hall–Kier alpha value is -3.17. The van der Waals surface area contributed by atoms with Crippen LogP contribution in [0, 0.1) is 11.8 Å². The van der Waals surface area contributed by atoms with Gasteiger partial charge in [0, 0.05) is 19.1 Å². The molecular formula is C30H38N4O4S. The molecule has 39 heavy (non-hydrogen) atoms. The van der Waals surface area contributed by atoms with Crippen LogP contribution in [0.5, 0.6) is 10.9 Å². The number of nitrogens with one attached hydrogen (secondary N) is 2. The highest BCUT2D eigenvalue weighted by Gasteiger charge is 2.38. The van der Waals surface area contributed by atoms with E-state index in [2.05, 4.69) is 38.7 Å². The SMILES string of the molecule is CC(C)(C)OC(=O)NC1CCC1C(=O)NCC1CCN(Cc2ccc(Oc3nc4ccccc4s3)cc2)CC1. The number of amides is 2. The van der Waals surface area contributed by atoms with Crippen molar-refractivity contribution < 1.29 is 19.1 Å². The highest BCUT2D eigenvalue weighted by atomic mass is 32.1. The number of ether oxygens (including phenoxy) is 2. The lowest BCUT2D eigenvalue weighted by Gasteiger charge is -2.37. The largest absolute Gasteiger partial charge is 0.444 e. The molecule has 2 fully saturated rings. The Balaban J connectivity index is 1.01. The molecule has 2 aliphatic rings. The number of nitrogens with zero attached hydrogens (tertiary/aromatic N) is 2. The van der Waals surface area contributed by atoms with Gasteiger partial charge in [0.05, 0.1) is 16.1 Å². The first kappa shape index (κ1) is 27.4.